The van der Waals surface area contributed by atoms with Gasteiger partial charge in [0.1, 0.15) is 17.3 Å². The van der Waals surface area contributed by atoms with Crippen molar-refractivity contribution in [2.45, 2.75) is 6.04 Å². The quantitative estimate of drug-likeness (QED) is 0.306. The van der Waals surface area contributed by atoms with Crippen LogP contribution in [-0.4, -0.2) is 29.0 Å². The predicted molar refractivity (Wildman–Crippen MR) is 122 cm³/mol. The number of anilines is 1. The van der Waals surface area contributed by atoms with Crippen LogP contribution in [0.5, 0.6) is 11.5 Å². The van der Waals surface area contributed by atoms with Gasteiger partial charge in [0.05, 0.1) is 18.7 Å². The molecule has 8 heteroatoms. The molecule has 32 heavy (non-hydrogen) atoms. The second kappa shape index (κ2) is 8.57. The fraction of sp³-hybridized carbons (Fsp3) is 0.0833. The molecule has 3 aromatic rings. The van der Waals surface area contributed by atoms with Crippen molar-refractivity contribution < 1.29 is 24.5 Å². The molecule has 4 rings (SSSR count). The number of rotatable bonds is 4. The largest absolute Gasteiger partial charge is 0.508 e. The summed E-state index contributed by atoms with van der Waals surface area (Å²) in [6.07, 6.45) is 0. The second-order valence-electron chi connectivity index (χ2n) is 7.12. The van der Waals surface area contributed by atoms with Gasteiger partial charge in [0.2, 0.25) is 0 Å². The number of amides is 1. The molecule has 0 bridgehead atoms. The number of aromatic hydroxyl groups is 1. The van der Waals surface area contributed by atoms with E-state index in [0.717, 1.165) is 0 Å². The number of hydrogen-bond acceptors (Lipinski definition) is 5. The molecule has 6 nitrogen and oxygen atoms in total. The molecule has 1 heterocycles. The van der Waals surface area contributed by atoms with E-state index in [1.165, 1.54) is 42.3 Å². The molecule has 1 fully saturated rings. The number of Topliss-reactive ketones (excluding diaryl/α,β-unsaturated/α-hetero) is 1. The highest BCUT2D eigenvalue weighted by Gasteiger charge is 2.47. The summed E-state index contributed by atoms with van der Waals surface area (Å²) in [4.78, 5) is 27.5. The Kier molecular flexibility index (Phi) is 5.82. The summed E-state index contributed by atoms with van der Waals surface area (Å²) in [6, 6.07) is 16.1. The van der Waals surface area contributed by atoms with Crippen molar-refractivity contribution in [1.29, 1.82) is 0 Å². The van der Waals surface area contributed by atoms with Crippen molar-refractivity contribution in [2.75, 3.05) is 12.0 Å². The van der Waals surface area contributed by atoms with E-state index in [4.69, 9.17) is 27.9 Å². The third kappa shape index (κ3) is 3.90. The molecule has 0 aliphatic carbocycles. The number of carbonyl (C=O) groups is 2. The van der Waals surface area contributed by atoms with Crippen LogP contribution in [0.1, 0.15) is 17.2 Å². The SMILES string of the molecule is COc1cccc(/C(O)=C2\C(=O)C(=O)N(c3cc(Cl)cc(Cl)c3)C2c2cccc(O)c2)c1. The lowest BCUT2D eigenvalue weighted by Gasteiger charge is -2.26. The van der Waals surface area contributed by atoms with Crippen LogP contribution in [0.3, 0.4) is 0 Å². The van der Waals surface area contributed by atoms with Gasteiger partial charge < -0.3 is 14.9 Å². The molecule has 162 valence electrons. The number of benzene rings is 3. The van der Waals surface area contributed by atoms with Gasteiger partial charge in [-0.3, -0.25) is 14.5 Å². The fourth-order valence-electron chi connectivity index (χ4n) is 3.71. The van der Waals surface area contributed by atoms with E-state index in [0.29, 0.717) is 16.9 Å². The normalized spacial score (nSPS) is 17.6. The number of carbonyl (C=O) groups excluding carboxylic acids is 2. The Morgan fingerprint density at radius 2 is 1.66 bits per heavy atom. The number of phenols is 1. The van der Waals surface area contributed by atoms with Crippen LogP contribution in [0, 0.1) is 0 Å². The van der Waals surface area contributed by atoms with Crippen molar-refractivity contribution in [2.24, 2.45) is 0 Å². The average Bonchev–Trinajstić information content (AvgIpc) is 3.03. The van der Waals surface area contributed by atoms with Crippen LogP contribution in [-0.2, 0) is 9.59 Å². The summed E-state index contributed by atoms with van der Waals surface area (Å²) in [6.45, 7) is 0. The number of aliphatic hydroxyl groups excluding tert-OH is 1. The van der Waals surface area contributed by atoms with Gasteiger partial charge >= 0.3 is 0 Å². The maximum absolute atomic E-state index is 13.1. The lowest BCUT2D eigenvalue weighted by atomic mass is 9.95. The molecule has 1 unspecified atom stereocenters. The first-order chi connectivity index (χ1) is 15.3. The first-order valence-electron chi connectivity index (χ1n) is 9.50. The number of ketones is 1. The Bertz CT molecular complexity index is 1250. The average molecular weight is 470 g/mol. The molecule has 0 spiro atoms. The molecule has 0 saturated carbocycles. The summed E-state index contributed by atoms with van der Waals surface area (Å²) in [7, 11) is 1.48. The number of halogens is 2. The zero-order valence-corrected chi connectivity index (χ0v) is 18.3. The molecule has 0 radical (unpaired) electrons. The van der Waals surface area contributed by atoms with Crippen molar-refractivity contribution in [3.63, 3.8) is 0 Å². The van der Waals surface area contributed by atoms with E-state index in [1.54, 1.807) is 36.4 Å². The van der Waals surface area contributed by atoms with Gasteiger partial charge in [-0.15, -0.1) is 0 Å². The minimum Gasteiger partial charge on any atom is -0.508 e. The minimum atomic E-state index is -1.03. The van der Waals surface area contributed by atoms with Gasteiger partial charge in [-0.25, -0.2) is 0 Å². The summed E-state index contributed by atoms with van der Waals surface area (Å²) < 4.78 is 5.20. The molecule has 1 saturated heterocycles. The standard InChI is InChI=1S/C24H17Cl2NO5/c1-32-19-7-3-5-14(9-19)22(29)20-21(13-4-2-6-18(28)8-13)27(24(31)23(20)30)17-11-15(25)10-16(26)12-17/h2-12,21,28-29H,1H3/b22-20+. The van der Waals surface area contributed by atoms with Gasteiger partial charge in [-0.1, -0.05) is 47.5 Å². The van der Waals surface area contributed by atoms with Gasteiger partial charge in [-0.2, -0.15) is 0 Å². The van der Waals surface area contributed by atoms with Gasteiger partial charge in [0.15, 0.2) is 0 Å². The van der Waals surface area contributed by atoms with Gasteiger partial charge in [-0.05, 0) is 48.0 Å². The van der Waals surface area contributed by atoms with Gasteiger partial charge in [0.25, 0.3) is 11.7 Å². The number of phenolic OH excluding ortho intramolecular Hbond substituents is 1. The molecule has 1 atom stereocenters. The Morgan fingerprint density at radius 1 is 0.969 bits per heavy atom. The van der Waals surface area contributed by atoms with Crippen molar-refractivity contribution in [3.05, 3.63) is 93.5 Å². The van der Waals surface area contributed by atoms with Crippen LogP contribution < -0.4 is 9.64 Å². The highest BCUT2D eigenvalue weighted by atomic mass is 35.5. The number of hydrogen-bond donors (Lipinski definition) is 2. The summed E-state index contributed by atoms with van der Waals surface area (Å²) in [5.41, 5.74) is 0.869. The molecular formula is C24H17Cl2NO5. The highest BCUT2D eigenvalue weighted by molar-refractivity contribution is 6.52. The first-order valence-corrected chi connectivity index (χ1v) is 10.3. The lowest BCUT2D eigenvalue weighted by molar-refractivity contribution is -0.132. The summed E-state index contributed by atoms with van der Waals surface area (Å²) >= 11 is 12.3. The summed E-state index contributed by atoms with van der Waals surface area (Å²) in [5, 5.41) is 21.7. The Labute approximate surface area is 193 Å². The highest BCUT2D eigenvalue weighted by Crippen LogP contribution is 2.44. The monoisotopic (exact) mass is 469 g/mol. The summed E-state index contributed by atoms with van der Waals surface area (Å²) in [5.74, 6) is -1.69. The number of nitrogens with zero attached hydrogens (tertiary/aromatic N) is 1. The van der Waals surface area contributed by atoms with E-state index >= 15 is 0 Å². The Hall–Kier alpha value is -3.48. The fourth-order valence-corrected chi connectivity index (χ4v) is 4.23. The Balaban J connectivity index is 1.98. The maximum Gasteiger partial charge on any atom is 0.300 e. The number of aliphatic hydroxyl groups is 1. The molecule has 1 amide bonds. The van der Waals surface area contributed by atoms with Crippen LogP contribution in [0.4, 0.5) is 5.69 Å². The maximum atomic E-state index is 13.1. The number of ether oxygens (including phenoxy) is 1. The van der Waals surface area contributed by atoms with Crippen LogP contribution >= 0.6 is 23.2 Å². The van der Waals surface area contributed by atoms with E-state index < -0.39 is 17.7 Å². The Morgan fingerprint density at radius 3 is 2.31 bits per heavy atom. The predicted octanol–water partition coefficient (Wildman–Crippen LogP) is 5.33. The topological polar surface area (TPSA) is 87.1 Å². The minimum absolute atomic E-state index is 0.0569. The number of methoxy groups -OCH3 is 1. The molecule has 1 aliphatic rings. The zero-order valence-electron chi connectivity index (χ0n) is 16.8. The molecular weight excluding hydrogens is 453 g/mol. The third-order valence-corrected chi connectivity index (χ3v) is 5.54. The molecule has 3 aromatic carbocycles. The van der Waals surface area contributed by atoms with Crippen LogP contribution in [0.25, 0.3) is 5.76 Å². The molecule has 1 aliphatic heterocycles. The van der Waals surface area contributed by atoms with Crippen molar-refractivity contribution >= 4 is 46.3 Å². The molecule has 2 N–H and O–H groups in total. The second-order valence-corrected chi connectivity index (χ2v) is 8.00. The van der Waals surface area contributed by atoms with Gasteiger partial charge in [0, 0.05) is 21.3 Å². The van der Waals surface area contributed by atoms with E-state index in [-0.39, 0.29) is 32.8 Å². The van der Waals surface area contributed by atoms with E-state index in [2.05, 4.69) is 0 Å². The third-order valence-electron chi connectivity index (χ3n) is 5.10. The van der Waals surface area contributed by atoms with Crippen molar-refractivity contribution in [1.82, 2.24) is 0 Å². The zero-order chi connectivity index (χ0) is 23.0. The lowest BCUT2D eigenvalue weighted by Crippen LogP contribution is -2.29. The van der Waals surface area contributed by atoms with Crippen LogP contribution in [0.15, 0.2) is 72.3 Å². The first kappa shape index (κ1) is 21.7. The van der Waals surface area contributed by atoms with Crippen LogP contribution in [0.2, 0.25) is 10.0 Å². The van der Waals surface area contributed by atoms with Crippen molar-refractivity contribution in [3.8, 4) is 11.5 Å². The smallest absolute Gasteiger partial charge is 0.300 e. The molecule has 0 aromatic heterocycles. The van der Waals surface area contributed by atoms with E-state index in [1.807, 2.05) is 0 Å². The van der Waals surface area contributed by atoms with E-state index in [9.17, 15) is 19.8 Å².